The number of rotatable bonds is 5. The number of carboxylic acids is 2. The zero-order valence-electron chi connectivity index (χ0n) is 10.2. The van der Waals surface area contributed by atoms with Gasteiger partial charge in [-0.1, -0.05) is 13.8 Å². The Labute approximate surface area is 100 Å². The van der Waals surface area contributed by atoms with Crippen molar-refractivity contribution in [2.75, 3.05) is 13.2 Å². The summed E-state index contributed by atoms with van der Waals surface area (Å²) in [6, 6.07) is 0. The molecule has 104 valence electrons. The maximum absolute atomic E-state index is 9.37. The SMILES string of the molecule is CCC(=O)O.CCC(=O)O.OCCC(O)CO. The lowest BCUT2D eigenvalue weighted by molar-refractivity contribution is -0.137. The second-order valence-corrected chi connectivity index (χ2v) is 2.84. The van der Waals surface area contributed by atoms with Crippen LogP contribution >= 0.6 is 0 Å². The first-order chi connectivity index (χ1) is 7.85. The first kappa shape index (κ1) is 21.1. The summed E-state index contributed by atoms with van der Waals surface area (Å²) < 4.78 is 0. The minimum atomic E-state index is -0.745. The lowest BCUT2D eigenvalue weighted by atomic mass is 10.3. The first-order valence-corrected chi connectivity index (χ1v) is 5.18. The highest BCUT2D eigenvalue weighted by Crippen LogP contribution is 1.84. The zero-order chi connectivity index (χ0) is 14.3. The van der Waals surface area contributed by atoms with Crippen LogP contribution < -0.4 is 0 Å². The number of aliphatic carboxylic acids is 2. The third-order valence-electron chi connectivity index (χ3n) is 1.28. The Morgan fingerprint density at radius 2 is 1.29 bits per heavy atom. The van der Waals surface area contributed by atoms with Gasteiger partial charge in [0.25, 0.3) is 0 Å². The Balaban J connectivity index is -0.000000177. The van der Waals surface area contributed by atoms with Crippen LogP contribution in [0.4, 0.5) is 0 Å². The highest BCUT2D eigenvalue weighted by molar-refractivity contribution is 5.66. The fourth-order valence-electron chi connectivity index (χ4n) is 0.240. The van der Waals surface area contributed by atoms with Gasteiger partial charge in [-0.15, -0.1) is 0 Å². The van der Waals surface area contributed by atoms with Crippen molar-refractivity contribution in [3.8, 4) is 0 Å². The van der Waals surface area contributed by atoms with E-state index in [0.717, 1.165) is 0 Å². The van der Waals surface area contributed by atoms with Gasteiger partial charge in [0, 0.05) is 19.4 Å². The lowest BCUT2D eigenvalue weighted by Gasteiger charge is -2.00. The lowest BCUT2D eigenvalue weighted by Crippen LogP contribution is -2.12. The summed E-state index contributed by atoms with van der Waals surface area (Å²) in [4.78, 5) is 18.7. The van der Waals surface area contributed by atoms with E-state index in [-0.39, 0.29) is 32.5 Å². The second kappa shape index (κ2) is 17.2. The molecular formula is C10H22O7. The largest absolute Gasteiger partial charge is 0.481 e. The van der Waals surface area contributed by atoms with Crippen molar-refractivity contribution >= 4 is 11.9 Å². The molecule has 0 saturated heterocycles. The molecule has 0 fully saturated rings. The molecule has 0 amide bonds. The molecule has 0 aliphatic heterocycles. The topological polar surface area (TPSA) is 135 Å². The summed E-state index contributed by atoms with van der Waals surface area (Å²) in [6.45, 7) is 2.87. The van der Waals surface area contributed by atoms with E-state index in [1.807, 2.05) is 0 Å². The van der Waals surface area contributed by atoms with Crippen molar-refractivity contribution < 1.29 is 35.1 Å². The highest BCUT2D eigenvalue weighted by Gasteiger charge is 1.96. The third kappa shape index (κ3) is 39.8. The van der Waals surface area contributed by atoms with Gasteiger partial charge in [0.05, 0.1) is 12.7 Å². The van der Waals surface area contributed by atoms with Crippen LogP contribution in [0, 0.1) is 0 Å². The third-order valence-corrected chi connectivity index (χ3v) is 1.28. The van der Waals surface area contributed by atoms with Crippen molar-refractivity contribution in [2.24, 2.45) is 0 Å². The minimum Gasteiger partial charge on any atom is -0.481 e. The molecule has 0 aliphatic rings. The maximum Gasteiger partial charge on any atom is 0.303 e. The van der Waals surface area contributed by atoms with E-state index in [9.17, 15) is 9.59 Å². The quantitative estimate of drug-likeness (QED) is 0.453. The molecule has 5 N–H and O–H groups in total. The van der Waals surface area contributed by atoms with E-state index in [0.29, 0.717) is 0 Å². The Morgan fingerprint density at radius 3 is 1.35 bits per heavy atom. The minimum absolute atomic E-state index is 0.0677. The first-order valence-electron chi connectivity index (χ1n) is 5.18. The molecule has 1 atom stereocenters. The van der Waals surface area contributed by atoms with Gasteiger partial charge in [-0.05, 0) is 6.42 Å². The van der Waals surface area contributed by atoms with Gasteiger partial charge < -0.3 is 25.5 Å². The molecule has 0 aromatic rings. The van der Waals surface area contributed by atoms with Crippen molar-refractivity contribution in [3.63, 3.8) is 0 Å². The summed E-state index contributed by atoms with van der Waals surface area (Å²) in [5, 5.41) is 40.1. The molecule has 17 heavy (non-hydrogen) atoms. The predicted molar refractivity (Wildman–Crippen MR) is 60.6 cm³/mol. The summed E-state index contributed by atoms with van der Waals surface area (Å²) in [7, 11) is 0. The summed E-state index contributed by atoms with van der Waals surface area (Å²) >= 11 is 0. The van der Waals surface area contributed by atoms with Crippen molar-refractivity contribution in [1.82, 2.24) is 0 Å². The smallest absolute Gasteiger partial charge is 0.303 e. The van der Waals surface area contributed by atoms with E-state index in [4.69, 9.17) is 25.5 Å². The van der Waals surface area contributed by atoms with Crippen molar-refractivity contribution in [2.45, 2.75) is 39.2 Å². The van der Waals surface area contributed by atoms with E-state index in [1.54, 1.807) is 13.8 Å². The van der Waals surface area contributed by atoms with Gasteiger partial charge in [0.1, 0.15) is 0 Å². The fourth-order valence-corrected chi connectivity index (χ4v) is 0.240. The van der Waals surface area contributed by atoms with Crippen LogP contribution in [0.3, 0.4) is 0 Å². The molecule has 0 radical (unpaired) electrons. The molecule has 0 rings (SSSR count). The summed E-state index contributed by atoms with van der Waals surface area (Å²) in [5.41, 5.74) is 0. The number of aliphatic hydroxyl groups excluding tert-OH is 3. The Kier molecular flexibility index (Phi) is 21.4. The molecular weight excluding hydrogens is 232 g/mol. The Morgan fingerprint density at radius 1 is 1.00 bits per heavy atom. The predicted octanol–water partition coefficient (Wildman–Crippen LogP) is -0.316. The average molecular weight is 254 g/mol. The van der Waals surface area contributed by atoms with Gasteiger partial charge >= 0.3 is 11.9 Å². The van der Waals surface area contributed by atoms with Crippen LogP contribution in [0.2, 0.25) is 0 Å². The molecule has 7 nitrogen and oxygen atoms in total. The number of hydrogen-bond acceptors (Lipinski definition) is 5. The van der Waals surface area contributed by atoms with Gasteiger partial charge in [-0.2, -0.15) is 0 Å². The van der Waals surface area contributed by atoms with Gasteiger partial charge in [0.2, 0.25) is 0 Å². The molecule has 7 heteroatoms. The van der Waals surface area contributed by atoms with Crippen molar-refractivity contribution in [1.29, 1.82) is 0 Å². The normalized spacial score (nSPS) is 10.2. The van der Waals surface area contributed by atoms with Crippen molar-refractivity contribution in [3.05, 3.63) is 0 Å². The summed E-state index contributed by atoms with van der Waals surface area (Å²) in [5.74, 6) is -1.49. The Bertz CT molecular complexity index is 167. The molecule has 0 aromatic heterocycles. The van der Waals surface area contributed by atoms with E-state index < -0.39 is 18.0 Å². The number of aliphatic hydroxyl groups is 3. The van der Waals surface area contributed by atoms with Crippen LogP contribution in [0.5, 0.6) is 0 Å². The van der Waals surface area contributed by atoms with Gasteiger partial charge in [0.15, 0.2) is 0 Å². The number of hydrogen-bond donors (Lipinski definition) is 5. The van der Waals surface area contributed by atoms with E-state index in [2.05, 4.69) is 0 Å². The molecule has 0 bridgehead atoms. The number of carbonyl (C=O) groups is 2. The number of carboxylic acid groups (broad SMARTS) is 2. The zero-order valence-corrected chi connectivity index (χ0v) is 10.2. The highest BCUT2D eigenvalue weighted by atomic mass is 16.4. The Hall–Kier alpha value is -1.18. The molecule has 0 aromatic carbocycles. The maximum atomic E-state index is 9.37. The van der Waals surface area contributed by atoms with E-state index in [1.165, 1.54) is 0 Å². The molecule has 0 heterocycles. The fraction of sp³-hybridized carbons (Fsp3) is 0.800. The standard InChI is InChI=1S/C4H10O3.2C3H6O2/c5-2-1-4(7)3-6;2*1-2-3(4)5/h4-7H,1-3H2;2*2H2,1H3,(H,4,5). The van der Waals surface area contributed by atoms with Crippen LogP contribution in [0.15, 0.2) is 0 Å². The van der Waals surface area contributed by atoms with Gasteiger partial charge in [-0.25, -0.2) is 0 Å². The summed E-state index contributed by atoms with van der Waals surface area (Å²) in [6.07, 6.45) is -0.0405. The van der Waals surface area contributed by atoms with Crippen LogP contribution in [0.25, 0.3) is 0 Å². The molecule has 0 aliphatic carbocycles. The average Bonchev–Trinajstić information content (AvgIpc) is 2.30. The second-order valence-electron chi connectivity index (χ2n) is 2.84. The molecule has 0 saturated carbocycles. The van der Waals surface area contributed by atoms with E-state index >= 15 is 0 Å². The molecule has 1 unspecified atom stereocenters. The molecule has 0 spiro atoms. The van der Waals surface area contributed by atoms with Crippen LogP contribution in [-0.4, -0.2) is 56.8 Å². The van der Waals surface area contributed by atoms with Crippen LogP contribution in [0.1, 0.15) is 33.1 Å². The van der Waals surface area contributed by atoms with Crippen LogP contribution in [-0.2, 0) is 9.59 Å². The van der Waals surface area contributed by atoms with Gasteiger partial charge in [-0.3, -0.25) is 9.59 Å². The monoisotopic (exact) mass is 254 g/mol.